The van der Waals surface area contributed by atoms with Crippen LogP contribution < -0.4 is 5.32 Å². The Morgan fingerprint density at radius 2 is 2.00 bits per heavy atom. The van der Waals surface area contributed by atoms with E-state index in [1.165, 1.54) is 28.7 Å². The van der Waals surface area contributed by atoms with Crippen molar-refractivity contribution in [1.82, 2.24) is 9.97 Å². The van der Waals surface area contributed by atoms with E-state index in [1.54, 1.807) is 25.1 Å². The van der Waals surface area contributed by atoms with E-state index >= 15 is 0 Å². The van der Waals surface area contributed by atoms with Crippen molar-refractivity contribution < 1.29 is 4.79 Å². The van der Waals surface area contributed by atoms with Crippen molar-refractivity contribution in [3.63, 3.8) is 0 Å². The molecule has 2 unspecified atom stereocenters. The standard InChI is InChI=1S/C28H22Cl2N4OS2/c1-16(26(35)34-28-33-25(15-36-28)22-9-8-21(29)13-23(22)30)37-27-20(14-31)12-19-11-18(7-10-24(19)32-27)17-5-3-2-4-6-17/h2-6,8-9,12-13,15-16,18H,7,10-11H2,1H3,(H,33,34,35). The second kappa shape index (κ2) is 11.2. The number of nitrogens with zero attached hydrogens (tertiary/aromatic N) is 3. The van der Waals surface area contributed by atoms with E-state index in [0.29, 0.717) is 37.4 Å². The number of nitrogens with one attached hydrogen (secondary N) is 1. The molecular formula is C28H22Cl2N4OS2. The number of anilines is 1. The predicted molar refractivity (Wildman–Crippen MR) is 152 cm³/mol. The molecule has 2 aromatic heterocycles. The van der Waals surface area contributed by atoms with Crippen molar-refractivity contribution in [3.8, 4) is 17.3 Å². The van der Waals surface area contributed by atoms with E-state index in [1.807, 2.05) is 17.5 Å². The van der Waals surface area contributed by atoms with Gasteiger partial charge in [-0.25, -0.2) is 9.97 Å². The summed E-state index contributed by atoms with van der Waals surface area (Å²) in [6, 6.07) is 19.9. The van der Waals surface area contributed by atoms with Crippen LogP contribution in [-0.2, 0) is 17.6 Å². The van der Waals surface area contributed by atoms with Crippen LogP contribution >= 0.6 is 46.3 Å². The predicted octanol–water partition coefficient (Wildman–Crippen LogP) is 7.78. The highest BCUT2D eigenvalue weighted by atomic mass is 35.5. The minimum Gasteiger partial charge on any atom is -0.301 e. The van der Waals surface area contributed by atoms with E-state index in [-0.39, 0.29) is 5.91 Å². The van der Waals surface area contributed by atoms with Crippen LogP contribution in [0.15, 0.2) is 65.0 Å². The summed E-state index contributed by atoms with van der Waals surface area (Å²) >= 11 is 14.9. The highest BCUT2D eigenvalue weighted by molar-refractivity contribution is 8.00. The maximum atomic E-state index is 12.9. The molecule has 1 N–H and O–H groups in total. The first-order chi connectivity index (χ1) is 17.9. The van der Waals surface area contributed by atoms with Gasteiger partial charge in [0, 0.05) is 21.7 Å². The molecule has 0 fully saturated rings. The first-order valence-electron chi connectivity index (χ1n) is 11.8. The Morgan fingerprint density at radius 3 is 2.76 bits per heavy atom. The van der Waals surface area contributed by atoms with Crippen molar-refractivity contribution in [1.29, 1.82) is 5.26 Å². The molecule has 9 heteroatoms. The molecule has 0 radical (unpaired) electrons. The molecule has 5 rings (SSSR count). The molecule has 0 saturated heterocycles. The molecule has 2 aromatic carbocycles. The van der Waals surface area contributed by atoms with Gasteiger partial charge >= 0.3 is 0 Å². The Labute approximate surface area is 233 Å². The summed E-state index contributed by atoms with van der Waals surface area (Å²) in [6.45, 7) is 1.80. The fourth-order valence-electron chi connectivity index (χ4n) is 4.41. The van der Waals surface area contributed by atoms with Gasteiger partial charge in [0.1, 0.15) is 11.1 Å². The largest absolute Gasteiger partial charge is 0.301 e. The summed E-state index contributed by atoms with van der Waals surface area (Å²) < 4.78 is 0. The average Bonchev–Trinajstić information content (AvgIpc) is 3.36. The summed E-state index contributed by atoms with van der Waals surface area (Å²) in [4.78, 5) is 22.3. The summed E-state index contributed by atoms with van der Waals surface area (Å²) in [7, 11) is 0. The van der Waals surface area contributed by atoms with Crippen molar-refractivity contribution in [2.75, 3.05) is 5.32 Å². The number of pyridine rings is 1. The van der Waals surface area contributed by atoms with Gasteiger partial charge in [-0.15, -0.1) is 11.3 Å². The lowest BCUT2D eigenvalue weighted by molar-refractivity contribution is -0.115. The number of rotatable bonds is 6. The molecule has 37 heavy (non-hydrogen) atoms. The minimum atomic E-state index is -0.468. The zero-order valence-electron chi connectivity index (χ0n) is 19.9. The molecular weight excluding hydrogens is 543 g/mol. The number of thiazole rings is 1. The Balaban J connectivity index is 1.27. The van der Waals surface area contributed by atoms with Crippen molar-refractivity contribution in [2.45, 2.75) is 42.4 Å². The van der Waals surface area contributed by atoms with Gasteiger partial charge in [0.25, 0.3) is 0 Å². The number of aryl methyl sites for hydroxylation is 1. The van der Waals surface area contributed by atoms with E-state index in [4.69, 9.17) is 28.2 Å². The second-order valence-electron chi connectivity index (χ2n) is 8.82. The summed E-state index contributed by atoms with van der Waals surface area (Å²) in [6.07, 6.45) is 2.73. The number of hydrogen-bond donors (Lipinski definition) is 1. The van der Waals surface area contributed by atoms with Gasteiger partial charge in [-0.05, 0) is 67.5 Å². The molecule has 1 aliphatic rings. The third-order valence-electron chi connectivity index (χ3n) is 6.34. The van der Waals surface area contributed by atoms with E-state index in [9.17, 15) is 10.1 Å². The summed E-state index contributed by atoms with van der Waals surface area (Å²) in [5.41, 5.74) is 5.38. The number of carbonyl (C=O) groups excluding carboxylic acids is 1. The van der Waals surface area contributed by atoms with Gasteiger partial charge in [0.05, 0.1) is 21.5 Å². The molecule has 186 valence electrons. The third-order valence-corrected chi connectivity index (χ3v) is 8.75. The maximum Gasteiger partial charge on any atom is 0.239 e. The first-order valence-corrected chi connectivity index (χ1v) is 14.3. The minimum absolute atomic E-state index is 0.208. The normalized spacial score (nSPS) is 15.5. The smallest absolute Gasteiger partial charge is 0.239 e. The molecule has 5 nitrogen and oxygen atoms in total. The van der Waals surface area contributed by atoms with Crippen LogP contribution in [0.5, 0.6) is 0 Å². The number of aromatic nitrogens is 2. The Kier molecular flexibility index (Phi) is 7.82. The fourth-order valence-corrected chi connectivity index (χ4v) is 6.52. The van der Waals surface area contributed by atoms with Crippen LogP contribution in [0.3, 0.4) is 0 Å². The number of amides is 1. The van der Waals surface area contributed by atoms with Crippen LogP contribution in [0.2, 0.25) is 10.0 Å². The number of carbonyl (C=O) groups is 1. The van der Waals surface area contributed by atoms with Gasteiger partial charge in [-0.1, -0.05) is 65.3 Å². The molecule has 4 aromatic rings. The topological polar surface area (TPSA) is 78.7 Å². The van der Waals surface area contributed by atoms with E-state index < -0.39 is 5.25 Å². The van der Waals surface area contributed by atoms with Crippen molar-refractivity contribution in [3.05, 3.63) is 92.4 Å². The summed E-state index contributed by atoms with van der Waals surface area (Å²) in [5, 5.41) is 16.2. The van der Waals surface area contributed by atoms with E-state index in [0.717, 1.165) is 36.1 Å². The van der Waals surface area contributed by atoms with Crippen LogP contribution in [0.4, 0.5) is 5.13 Å². The molecule has 2 heterocycles. The zero-order valence-corrected chi connectivity index (χ0v) is 23.0. The Bertz CT molecular complexity index is 1500. The lowest BCUT2D eigenvalue weighted by Gasteiger charge is -2.25. The molecule has 0 aliphatic heterocycles. The third kappa shape index (κ3) is 5.83. The number of halogens is 2. The lowest BCUT2D eigenvalue weighted by atomic mass is 9.82. The highest BCUT2D eigenvalue weighted by Crippen LogP contribution is 2.36. The Morgan fingerprint density at radius 1 is 1.19 bits per heavy atom. The monoisotopic (exact) mass is 564 g/mol. The maximum absolute atomic E-state index is 12.9. The van der Waals surface area contributed by atoms with Crippen LogP contribution in [-0.4, -0.2) is 21.1 Å². The summed E-state index contributed by atoms with van der Waals surface area (Å²) in [5.74, 6) is 0.219. The molecule has 1 aliphatic carbocycles. The average molecular weight is 566 g/mol. The Hall–Kier alpha value is -2.89. The van der Waals surface area contributed by atoms with Gasteiger partial charge in [-0.3, -0.25) is 4.79 Å². The fraction of sp³-hybridized carbons (Fsp3) is 0.214. The molecule has 0 saturated carbocycles. The van der Waals surface area contributed by atoms with Gasteiger partial charge in [-0.2, -0.15) is 5.26 Å². The van der Waals surface area contributed by atoms with Crippen molar-refractivity contribution in [2.24, 2.45) is 0 Å². The van der Waals surface area contributed by atoms with Crippen LogP contribution in [0.25, 0.3) is 11.3 Å². The number of thioether (sulfide) groups is 1. The molecule has 0 bridgehead atoms. The van der Waals surface area contributed by atoms with Gasteiger partial charge < -0.3 is 5.32 Å². The number of nitriles is 1. The molecule has 2 atom stereocenters. The van der Waals surface area contributed by atoms with Gasteiger partial charge in [0.2, 0.25) is 5.91 Å². The molecule has 0 spiro atoms. The second-order valence-corrected chi connectivity index (χ2v) is 11.9. The SMILES string of the molecule is CC(Sc1nc2c(cc1C#N)CC(c1ccccc1)CC2)C(=O)Nc1nc(-c2ccc(Cl)cc2Cl)cs1. The van der Waals surface area contributed by atoms with Gasteiger partial charge in [0.15, 0.2) is 5.13 Å². The highest BCUT2D eigenvalue weighted by Gasteiger charge is 2.25. The number of benzene rings is 2. The number of hydrogen-bond acceptors (Lipinski definition) is 6. The van der Waals surface area contributed by atoms with E-state index in [2.05, 4.69) is 40.6 Å². The number of fused-ring (bicyclic) bond motifs is 1. The van der Waals surface area contributed by atoms with Crippen LogP contribution in [0, 0.1) is 11.3 Å². The quantitative estimate of drug-likeness (QED) is 0.242. The first kappa shape index (κ1) is 25.7. The van der Waals surface area contributed by atoms with Crippen molar-refractivity contribution >= 4 is 57.3 Å². The zero-order chi connectivity index (χ0) is 25.9. The van der Waals surface area contributed by atoms with Crippen LogP contribution in [0.1, 0.15) is 41.6 Å². The lowest BCUT2D eigenvalue weighted by Crippen LogP contribution is -2.23. The molecule has 1 amide bonds.